The second-order valence-electron chi connectivity index (χ2n) is 5.59. The van der Waals surface area contributed by atoms with Crippen LogP contribution in [0.2, 0.25) is 0 Å². The lowest BCUT2D eigenvalue weighted by molar-refractivity contribution is 0.307. The topological polar surface area (TPSA) is 28.2 Å². The van der Waals surface area contributed by atoms with E-state index in [2.05, 4.69) is 49.1 Å². The molecule has 1 N–H and O–H groups in total. The van der Waals surface area contributed by atoms with Crippen molar-refractivity contribution in [3.8, 4) is 0 Å². The molecule has 0 spiro atoms. The van der Waals surface area contributed by atoms with Gasteiger partial charge in [-0.15, -0.1) is 0 Å². The Bertz CT molecular complexity index is 303. The predicted octanol–water partition coefficient (Wildman–Crippen LogP) is 2.29. The first-order valence-electron chi connectivity index (χ1n) is 6.31. The molecule has 0 aliphatic rings. The van der Waals surface area contributed by atoms with Crippen molar-refractivity contribution in [1.82, 2.24) is 15.2 Å². The molecule has 0 aliphatic carbocycles. The summed E-state index contributed by atoms with van der Waals surface area (Å²) in [5.74, 6) is 0. The first kappa shape index (κ1) is 14.1. The molecule has 3 heteroatoms. The predicted molar refractivity (Wildman–Crippen MR) is 72.9 cm³/mol. The number of hydrogen-bond acceptors (Lipinski definition) is 3. The van der Waals surface area contributed by atoms with Crippen molar-refractivity contribution in [3.63, 3.8) is 0 Å². The molecular formula is C14H25N3. The van der Waals surface area contributed by atoms with Gasteiger partial charge in [0.15, 0.2) is 0 Å². The van der Waals surface area contributed by atoms with Gasteiger partial charge in [0.2, 0.25) is 0 Å². The summed E-state index contributed by atoms with van der Waals surface area (Å²) in [4.78, 5) is 6.64. The molecule has 96 valence electrons. The lowest BCUT2D eigenvalue weighted by Gasteiger charge is -2.22. The number of aromatic nitrogens is 1. The molecule has 0 amide bonds. The Morgan fingerprint density at radius 2 is 2.06 bits per heavy atom. The minimum absolute atomic E-state index is 0.222. The van der Waals surface area contributed by atoms with Crippen molar-refractivity contribution < 1.29 is 0 Å². The molecule has 0 atom stereocenters. The zero-order valence-corrected chi connectivity index (χ0v) is 11.5. The lowest BCUT2D eigenvalue weighted by atomic mass is 10.1. The van der Waals surface area contributed by atoms with E-state index in [4.69, 9.17) is 0 Å². The summed E-state index contributed by atoms with van der Waals surface area (Å²) in [6.45, 7) is 9.69. The molecule has 0 saturated heterocycles. The molecule has 17 heavy (non-hydrogen) atoms. The Kier molecular flexibility index (Phi) is 5.59. The Morgan fingerprint density at radius 3 is 2.65 bits per heavy atom. The van der Waals surface area contributed by atoms with Gasteiger partial charge >= 0.3 is 0 Å². The number of pyridine rings is 1. The quantitative estimate of drug-likeness (QED) is 0.767. The van der Waals surface area contributed by atoms with E-state index < -0.39 is 0 Å². The van der Waals surface area contributed by atoms with Crippen LogP contribution in [0.15, 0.2) is 24.4 Å². The molecule has 3 nitrogen and oxygen atoms in total. The first-order valence-corrected chi connectivity index (χ1v) is 6.31. The van der Waals surface area contributed by atoms with Crippen LogP contribution in [-0.2, 0) is 6.54 Å². The zero-order chi connectivity index (χ0) is 12.7. The van der Waals surface area contributed by atoms with E-state index in [-0.39, 0.29) is 5.54 Å². The fourth-order valence-corrected chi connectivity index (χ4v) is 1.66. The van der Waals surface area contributed by atoms with E-state index in [1.807, 2.05) is 18.3 Å². The highest BCUT2D eigenvalue weighted by molar-refractivity contribution is 5.02. The van der Waals surface area contributed by atoms with Gasteiger partial charge in [0.1, 0.15) is 0 Å². The van der Waals surface area contributed by atoms with Crippen LogP contribution in [-0.4, -0.2) is 35.6 Å². The van der Waals surface area contributed by atoms with Gasteiger partial charge < -0.3 is 10.2 Å². The summed E-state index contributed by atoms with van der Waals surface area (Å²) in [5.41, 5.74) is 1.36. The molecular weight excluding hydrogens is 210 g/mol. The van der Waals surface area contributed by atoms with Crippen LogP contribution in [0.3, 0.4) is 0 Å². The summed E-state index contributed by atoms with van der Waals surface area (Å²) in [5, 5.41) is 3.50. The third-order valence-corrected chi connectivity index (χ3v) is 2.53. The van der Waals surface area contributed by atoms with E-state index in [9.17, 15) is 0 Å². The van der Waals surface area contributed by atoms with Gasteiger partial charge in [0.05, 0.1) is 5.69 Å². The summed E-state index contributed by atoms with van der Waals surface area (Å²) in [6, 6.07) is 6.07. The van der Waals surface area contributed by atoms with Crippen molar-refractivity contribution in [1.29, 1.82) is 0 Å². The van der Waals surface area contributed by atoms with E-state index >= 15 is 0 Å². The maximum absolute atomic E-state index is 4.33. The minimum Gasteiger partial charge on any atom is -0.312 e. The molecule has 0 saturated carbocycles. The summed E-state index contributed by atoms with van der Waals surface area (Å²) >= 11 is 0. The molecule has 1 aromatic rings. The molecule has 0 radical (unpaired) electrons. The maximum atomic E-state index is 4.33. The van der Waals surface area contributed by atoms with E-state index in [0.29, 0.717) is 0 Å². The van der Waals surface area contributed by atoms with E-state index in [1.54, 1.807) is 0 Å². The van der Waals surface area contributed by atoms with Crippen LogP contribution < -0.4 is 5.32 Å². The Balaban J connectivity index is 2.16. The van der Waals surface area contributed by atoms with Crippen LogP contribution >= 0.6 is 0 Å². The Hall–Kier alpha value is -0.930. The van der Waals surface area contributed by atoms with Gasteiger partial charge in [0.25, 0.3) is 0 Å². The Morgan fingerprint density at radius 1 is 1.29 bits per heavy atom. The number of nitrogens with one attached hydrogen (secondary N) is 1. The fourth-order valence-electron chi connectivity index (χ4n) is 1.66. The number of rotatable bonds is 6. The largest absolute Gasteiger partial charge is 0.312 e. The molecule has 0 aromatic carbocycles. The van der Waals surface area contributed by atoms with Crippen LogP contribution in [0, 0.1) is 0 Å². The van der Waals surface area contributed by atoms with Crippen LogP contribution in [0.5, 0.6) is 0 Å². The van der Waals surface area contributed by atoms with Gasteiger partial charge in [-0.3, -0.25) is 4.98 Å². The average Bonchev–Trinajstić information content (AvgIpc) is 2.25. The monoisotopic (exact) mass is 235 g/mol. The standard InChI is InChI=1S/C14H25N3/c1-14(2,3)16-10-7-11-17(4)12-13-8-5-6-9-15-13/h5-6,8-9,16H,7,10-12H2,1-4H3. The number of nitrogens with zero attached hydrogens (tertiary/aromatic N) is 2. The van der Waals surface area contributed by atoms with Gasteiger partial charge in [-0.1, -0.05) is 6.07 Å². The van der Waals surface area contributed by atoms with Gasteiger partial charge in [-0.05, 0) is 59.5 Å². The molecule has 1 heterocycles. The molecule has 0 bridgehead atoms. The second-order valence-corrected chi connectivity index (χ2v) is 5.59. The second kappa shape index (κ2) is 6.72. The third-order valence-electron chi connectivity index (χ3n) is 2.53. The zero-order valence-electron chi connectivity index (χ0n) is 11.5. The highest BCUT2D eigenvalue weighted by Gasteiger charge is 2.07. The maximum Gasteiger partial charge on any atom is 0.0543 e. The SMILES string of the molecule is CN(CCCNC(C)(C)C)Cc1ccccn1. The molecule has 1 rings (SSSR count). The van der Waals surface area contributed by atoms with Gasteiger partial charge in [-0.2, -0.15) is 0 Å². The van der Waals surface area contributed by atoms with E-state index in [0.717, 1.165) is 25.3 Å². The minimum atomic E-state index is 0.222. The van der Waals surface area contributed by atoms with Crippen molar-refractivity contribution >= 4 is 0 Å². The van der Waals surface area contributed by atoms with Crippen molar-refractivity contribution in [2.45, 2.75) is 39.3 Å². The molecule has 1 aromatic heterocycles. The summed E-state index contributed by atoms with van der Waals surface area (Å²) in [7, 11) is 2.14. The van der Waals surface area contributed by atoms with Gasteiger partial charge in [0, 0.05) is 18.3 Å². The average molecular weight is 235 g/mol. The van der Waals surface area contributed by atoms with Crippen LogP contribution in [0.25, 0.3) is 0 Å². The van der Waals surface area contributed by atoms with Gasteiger partial charge in [-0.25, -0.2) is 0 Å². The first-order chi connectivity index (χ1) is 7.97. The summed E-state index contributed by atoms with van der Waals surface area (Å²) in [6.07, 6.45) is 3.02. The lowest BCUT2D eigenvalue weighted by Crippen LogP contribution is -2.37. The molecule has 0 unspecified atom stereocenters. The smallest absolute Gasteiger partial charge is 0.0543 e. The molecule has 0 fully saturated rings. The van der Waals surface area contributed by atoms with E-state index in [1.165, 1.54) is 6.42 Å². The normalized spacial score (nSPS) is 12.1. The van der Waals surface area contributed by atoms with Crippen molar-refractivity contribution in [3.05, 3.63) is 30.1 Å². The van der Waals surface area contributed by atoms with Crippen molar-refractivity contribution in [2.24, 2.45) is 0 Å². The fraction of sp³-hybridized carbons (Fsp3) is 0.643. The molecule has 0 aliphatic heterocycles. The highest BCUT2D eigenvalue weighted by atomic mass is 15.1. The van der Waals surface area contributed by atoms with Crippen LogP contribution in [0.1, 0.15) is 32.9 Å². The highest BCUT2D eigenvalue weighted by Crippen LogP contribution is 2.01. The Labute approximate surface area is 105 Å². The summed E-state index contributed by atoms with van der Waals surface area (Å²) < 4.78 is 0. The third kappa shape index (κ3) is 7.08. The van der Waals surface area contributed by atoms with Crippen LogP contribution in [0.4, 0.5) is 0 Å². The number of hydrogen-bond donors (Lipinski definition) is 1. The van der Waals surface area contributed by atoms with Crippen molar-refractivity contribution in [2.75, 3.05) is 20.1 Å².